The molecule has 1 aliphatic heterocycles. The summed E-state index contributed by atoms with van der Waals surface area (Å²) in [6.07, 6.45) is 1.62. The molecule has 3 aromatic rings. The van der Waals surface area contributed by atoms with Gasteiger partial charge in [0.25, 0.3) is 0 Å². The Morgan fingerprint density at radius 2 is 1.73 bits per heavy atom. The molecule has 0 atom stereocenters. The minimum atomic E-state index is -0.793. The van der Waals surface area contributed by atoms with Gasteiger partial charge >= 0.3 is 5.97 Å². The third-order valence-corrected chi connectivity index (χ3v) is 4.27. The van der Waals surface area contributed by atoms with E-state index in [1.165, 1.54) is 18.2 Å². The Morgan fingerprint density at radius 3 is 2.38 bits per heavy atom. The third-order valence-electron chi connectivity index (χ3n) is 4.27. The Bertz CT molecular complexity index is 1120. The van der Waals surface area contributed by atoms with Crippen molar-refractivity contribution < 1.29 is 19.1 Å². The van der Waals surface area contributed by atoms with E-state index >= 15 is 0 Å². The summed E-state index contributed by atoms with van der Waals surface area (Å²) in [6.45, 7) is 3.48. The van der Waals surface area contributed by atoms with Crippen molar-refractivity contribution in [2.75, 3.05) is 0 Å². The van der Waals surface area contributed by atoms with E-state index < -0.39 is 11.6 Å². The van der Waals surface area contributed by atoms with Crippen LogP contribution in [0, 0.1) is 0 Å². The van der Waals surface area contributed by atoms with Gasteiger partial charge in [0.2, 0.25) is 0 Å². The van der Waals surface area contributed by atoms with E-state index in [1.54, 1.807) is 19.9 Å². The zero-order valence-corrected chi connectivity index (χ0v) is 14.3. The smallest absolute Gasteiger partial charge is 0.339 e. The summed E-state index contributed by atoms with van der Waals surface area (Å²) in [5.74, 6) is -0.349. The molecule has 0 aliphatic carbocycles. The maximum Gasteiger partial charge on any atom is 0.339 e. The molecule has 2 aromatic carbocycles. The van der Waals surface area contributed by atoms with E-state index in [-0.39, 0.29) is 33.3 Å². The van der Waals surface area contributed by atoms with Gasteiger partial charge in [0.15, 0.2) is 5.43 Å². The quantitative estimate of drug-likeness (QED) is 0.711. The van der Waals surface area contributed by atoms with Gasteiger partial charge in [0.05, 0.1) is 16.5 Å². The fourth-order valence-electron chi connectivity index (χ4n) is 3.12. The Labute approximate surface area is 149 Å². The maximum absolute atomic E-state index is 12.6. The summed E-state index contributed by atoms with van der Waals surface area (Å²) >= 11 is 0. The normalized spacial score (nSPS) is 15.8. The molecule has 0 radical (unpaired) electrons. The molecule has 0 amide bonds. The Morgan fingerprint density at radius 1 is 1.00 bits per heavy atom. The average Bonchev–Trinajstić information content (AvgIpc) is 2.87. The van der Waals surface area contributed by atoms with Gasteiger partial charge in [-0.05, 0) is 32.1 Å². The number of aromatic hydroxyl groups is 1. The first-order valence-electron chi connectivity index (χ1n) is 8.17. The fourth-order valence-corrected chi connectivity index (χ4v) is 3.12. The lowest BCUT2D eigenvalue weighted by Crippen LogP contribution is -2.17. The first kappa shape index (κ1) is 16.1. The number of fused-ring (bicyclic) bond motifs is 1. The highest BCUT2D eigenvalue weighted by atomic mass is 16.6. The highest BCUT2D eigenvalue weighted by Gasteiger charge is 2.35. The molecule has 1 N–H and O–H groups in total. The van der Waals surface area contributed by atoms with Gasteiger partial charge in [0.1, 0.15) is 22.7 Å². The van der Waals surface area contributed by atoms with Crippen LogP contribution in [0.15, 0.2) is 63.8 Å². The zero-order valence-electron chi connectivity index (χ0n) is 14.3. The highest BCUT2D eigenvalue weighted by molar-refractivity contribution is 6.22. The SMILES string of the molecule is CC1(C)C=C(c2c(O)ccc3c(=O)cc(-c4ccccc4)oc23)C(=O)O1. The van der Waals surface area contributed by atoms with Crippen molar-refractivity contribution in [1.82, 2.24) is 0 Å². The second kappa shape index (κ2) is 5.59. The van der Waals surface area contributed by atoms with Crippen LogP contribution in [0.5, 0.6) is 5.75 Å². The van der Waals surface area contributed by atoms with Crippen LogP contribution in [0.4, 0.5) is 0 Å². The summed E-state index contributed by atoms with van der Waals surface area (Å²) in [4.78, 5) is 24.9. The van der Waals surface area contributed by atoms with Crippen LogP contribution >= 0.6 is 0 Å². The van der Waals surface area contributed by atoms with Crippen LogP contribution in [0.2, 0.25) is 0 Å². The summed E-state index contributed by atoms with van der Waals surface area (Å²) in [5, 5.41) is 10.7. The minimum Gasteiger partial charge on any atom is -0.507 e. The molecule has 5 nitrogen and oxygen atoms in total. The number of carbonyl (C=O) groups excluding carboxylic acids is 1. The van der Waals surface area contributed by atoms with Gasteiger partial charge in [0, 0.05) is 11.6 Å². The summed E-state index contributed by atoms with van der Waals surface area (Å²) in [7, 11) is 0. The van der Waals surface area contributed by atoms with Gasteiger partial charge in [-0.1, -0.05) is 30.3 Å². The van der Waals surface area contributed by atoms with Crippen LogP contribution < -0.4 is 5.43 Å². The lowest BCUT2D eigenvalue weighted by atomic mass is 9.99. The first-order valence-corrected chi connectivity index (χ1v) is 8.17. The summed E-state index contributed by atoms with van der Waals surface area (Å²) in [5.41, 5.74) is 0.205. The zero-order chi connectivity index (χ0) is 18.5. The number of hydrogen-bond donors (Lipinski definition) is 1. The molecule has 0 unspecified atom stereocenters. The van der Waals surface area contributed by atoms with Crippen LogP contribution in [0.1, 0.15) is 19.4 Å². The second-order valence-electron chi connectivity index (χ2n) is 6.73. The van der Waals surface area contributed by atoms with Gasteiger partial charge in [-0.2, -0.15) is 0 Å². The number of carbonyl (C=O) groups is 1. The Kier molecular flexibility index (Phi) is 3.47. The Hall–Kier alpha value is -3.34. The molecule has 0 saturated carbocycles. The maximum atomic E-state index is 12.6. The van der Waals surface area contributed by atoms with Crippen molar-refractivity contribution in [3.63, 3.8) is 0 Å². The topological polar surface area (TPSA) is 76.7 Å². The molecule has 26 heavy (non-hydrogen) atoms. The highest BCUT2D eigenvalue weighted by Crippen LogP contribution is 2.39. The number of hydrogen-bond acceptors (Lipinski definition) is 5. The fraction of sp³-hybridized carbons (Fsp3) is 0.143. The number of rotatable bonds is 2. The molecule has 1 aromatic heterocycles. The van der Waals surface area contributed by atoms with E-state index in [2.05, 4.69) is 0 Å². The van der Waals surface area contributed by atoms with Crippen molar-refractivity contribution in [3.8, 4) is 17.1 Å². The molecular formula is C21H16O5. The molecular weight excluding hydrogens is 332 g/mol. The lowest BCUT2D eigenvalue weighted by molar-refractivity contribution is -0.142. The second-order valence-corrected chi connectivity index (χ2v) is 6.73. The van der Waals surface area contributed by atoms with Gasteiger partial charge in [-0.3, -0.25) is 4.79 Å². The largest absolute Gasteiger partial charge is 0.507 e. The standard InChI is InChI=1S/C21H16O5/c1-21(2)11-14(20(24)26-21)18-15(22)9-8-13-16(23)10-17(25-19(13)18)12-6-4-3-5-7-12/h3-11,22H,1-2H3. The molecule has 2 heterocycles. The number of phenols is 1. The van der Waals surface area contributed by atoms with Gasteiger partial charge in [-0.25, -0.2) is 4.79 Å². The summed E-state index contributed by atoms with van der Waals surface area (Å²) < 4.78 is 11.3. The van der Waals surface area contributed by atoms with Crippen molar-refractivity contribution in [2.24, 2.45) is 0 Å². The lowest BCUT2D eigenvalue weighted by Gasteiger charge is -2.12. The average molecular weight is 348 g/mol. The minimum absolute atomic E-state index is 0.147. The number of benzene rings is 2. The first-order chi connectivity index (χ1) is 12.4. The molecule has 0 fully saturated rings. The van der Waals surface area contributed by atoms with Crippen molar-refractivity contribution in [2.45, 2.75) is 19.4 Å². The van der Waals surface area contributed by atoms with E-state index in [0.717, 1.165) is 5.56 Å². The van der Waals surface area contributed by atoms with Crippen molar-refractivity contribution in [1.29, 1.82) is 0 Å². The number of ether oxygens (including phenoxy) is 1. The molecule has 5 heteroatoms. The van der Waals surface area contributed by atoms with E-state index in [0.29, 0.717) is 5.76 Å². The van der Waals surface area contributed by atoms with Crippen LogP contribution in [0.25, 0.3) is 27.9 Å². The monoisotopic (exact) mass is 348 g/mol. The number of phenolic OH excluding ortho intramolecular Hbond substituents is 1. The van der Waals surface area contributed by atoms with Crippen LogP contribution in [0.3, 0.4) is 0 Å². The van der Waals surface area contributed by atoms with Crippen LogP contribution in [-0.2, 0) is 9.53 Å². The van der Waals surface area contributed by atoms with E-state index in [9.17, 15) is 14.7 Å². The predicted molar refractivity (Wildman–Crippen MR) is 97.7 cm³/mol. The van der Waals surface area contributed by atoms with Gasteiger partial charge in [-0.15, -0.1) is 0 Å². The predicted octanol–water partition coefficient (Wildman–Crippen LogP) is 3.88. The van der Waals surface area contributed by atoms with E-state index in [4.69, 9.17) is 9.15 Å². The van der Waals surface area contributed by atoms with Crippen molar-refractivity contribution >= 4 is 22.5 Å². The summed E-state index contributed by atoms with van der Waals surface area (Å²) in [6, 6.07) is 13.4. The number of cyclic esters (lactones) is 1. The molecule has 0 spiro atoms. The molecule has 130 valence electrons. The molecule has 0 saturated heterocycles. The van der Waals surface area contributed by atoms with Crippen molar-refractivity contribution in [3.05, 3.63) is 70.4 Å². The van der Waals surface area contributed by atoms with Gasteiger partial charge < -0.3 is 14.3 Å². The van der Waals surface area contributed by atoms with Crippen LogP contribution in [-0.4, -0.2) is 16.7 Å². The van der Waals surface area contributed by atoms with E-state index in [1.807, 2.05) is 30.3 Å². The third kappa shape index (κ3) is 2.58. The molecule has 0 bridgehead atoms. The number of esters is 1. The molecule has 4 rings (SSSR count). The Balaban J connectivity index is 2.05. The molecule has 1 aliphatic rings.